The van der Waals surface area contributed by atoms with Crippen molar-refractivity contribution in [2.75, 3.05) is 20.8 Å². The van der Waals surface area contributed by atoms with Crippen LogP contribution in [0.5, 0.6) is 11.5 Å². The molecule has 4 nitrogen and oxygen atoms in total. The lowest BCUT2D eigenvalue weighted by atomic mass is 10.1. The third-order valence-corrected chi connectivity index (χ3v) is 3.31. The summed E-state index contributed by atoms with van der Waals surface area (Å²) in [5.41, 5.74) is 7.94. The van der Waals surface area contributed by atoms with Crippen molar-refractivity contribution in [3.05, 3.63) is 59.7 Å². The van der Waals surface area contributed by atoms with E-state index >= 15 is 0 Å². The fraction of sp³-hybridized carbons (Fsp3) is 0.294. The quantitative estimate of drug-likeness (QED) is 0.850. The van der Waals surface area contributed by atoms with Crippen LogP contribution in [0.3, 0.4) is 0 Å². The van der Waals surface area contributed by atoms with Crippen molar-refractivity contribution in [2.45, 2.75) is 12.7 Å². The van der Waals surface area contributed by atoms with Gasteiger partial charge in [-0.3, -0.25) is 0 Å². The molecule has 2 N–H and O–H groups in total. The van der Waals surface area contributed by atoms with Gasteiger partial charge in [-0.05, 0) is 35.4 Å². The lowest BCUT2D eigenvalue weighted by Crippen LogP contribution is -2.15. The minimum absolute atomic E-state index is 0.127. The van der Waals surface area contributed by atoms with E-state index in [4.69, 9.17) is 19.9 Å². The van der Waals surface area contributed by atoms with E-state index in [1.54, 1.807) is 14.2 Å². The monoisotopic (exact) mass is 287 g/mol. The zero-order chi connectivity index (χ0) is 15.1. The molecule has 1 atom stereocenters. The first-order chi connectivity index (χ1) is 10.3. The predicted octanol–water partition coefficient (Wildman–Crippen LogP) is 2.92. The molecule has 0 aliphatic rings. The molecule has 0 aliphatic heterocycles. The number of hydrogen-bond donors (Lipinski definition) is 1. The molecule has 1 unspecified atom stereocenters. The number of hydrogen-bond acceptors (Lipinski definition) is 4. The van der Waals surface area contributed by atoms with Crippen molar-refractivity contribution < 1.29 is 14.2 Å². The van der Waals surface area contributed by atoms with Crippen LogP contribution < -0.4 is 15.2 Å². The molecule has 0 aromatic heterocycles. The molecule has 112 valence electrons. The second-order valence-corrected chi connectivity index (χ2v) is 4.66. The van der Waals surface area contributed by atoms with Gasteiger partial charge in [0.1, 0.15) is 11.5 Å². The second-order valence-electron chi connectivity index (χ2n) is 4.66. The standard InChI is InChI=1S/C17H21NO3/c1-19-15-7-3-13(4-8-15)12-21-17(11-18)14-5-9-16(20-2)10-6-14/h3-10,17H,11-12,18H2,1-2H3. The Balaban J connectivity index is 1.97. The Labute approximate surface area is 125 Å². The molecular weight excluding hydrogens is 266 g/mol. The Kier molecular flexibility index (Phi) is 5.60. The molecule has 4 heteroatoms. The van der Waals surface area contributed by atoms with Gasteiger partial charge in [-0.15, -0.1) is 0 Å². The van der Waals surface area contributed by atoms with Crippen LogP contribution in [0.1, 0.15) is 17.2 Å². The van der Waals surface area contributed by atoms with E-state index < -0.39 is 0 Å². The molecule has 2 aromatic carbocycles. The van der Waals surface area contributed by atoms with Gasteiger partial charge >= 0.3 is 0 Å². The summed E-state index contributed by atoms with van der Waals surface area (Å²) in [6, 6.07) is 15.6. The van der Waals surface area contributed by atoms with Crippen molar-refractivity contribution in [1.29, 1.82) is 0 Å². The lowest BCUT2D eigenvalue weighted by molar-refractivity contribution is 0.0456. The highest BCUT2D eigenvalue weighted by molar-refractivity contribution is 5.29. The van der Waals surface area contributed by atoms with Gasteiger partial charge in [-0.1, -0.05) is 24.3 Å². The maximum absolute atomic E-state index is 5.90. The number of rotatable bonds is 7. The van der Waals surface area contributed by atoms with Gasteiger partial charge in [0, 0.05) is 6.54 Å². The van der Waals surface area contributed by atoms with E-state index in [-0.39, 0.29) is 6.10 Å². The van der Waals surface area contributed by atoms with Gasteiger partial charge in [-0.25, -0.2) is 0 Å². The minimum atomic E-state index is -0.127. The van der Waals surface area contributed by atoms with Crippen LogP contribution >= 0.6 is 0 Å². The van der Waals surface area contributed by atoms with Crippen molar-refractivity contribution >= 4 is 0 Å². The van der Waals surface area contributed by atoms with Crippen molar-refractivity contribution in [3.8, 4) is 11.5 Å². The zero-order valence-electron chi connectivity index (χ0n) is 12.4. The average Bonchev–Trinajstić information content (AvgIpc) is 2.56. The van der Waals surface area contributed by atoms with Gasteiger partial charge in [-0.2, -0.15) is 0 Å². The highest BCUT2D eigenvalue weighted by Crippen LogP contribution is 2.21. The lowest BCUT2D eigenvalue weighted by Gasteiger charge is -2.17. The summed E-state index contributed by atoms with van der Waals surface area (Å²) in [7, 11) is 3.30. The van der Waals surface area contributed by atoms with E-state index in [1.807, 2.05) is 48.5 Å². The van der Waals surface area contributed by atoms with Crippen LogP contribution in [0.4, 0.5) is 0 Å². The summed E-state index contributed by atoms with van der Waals surface area (Å²) >= 11 is 0. The van der Waals surface area contributed by atoms with Crippen LogP contribution in [0, 0.1) is 0 Å². The fourth-order valence-corrected chi connectivity index (χ4v) is 2.04. The first kappa shape index (κ1) is 15.4. The molecule has 2 aromatic rings. The minimum Gasteiger partial charge on any atom is -0.497 e. The van der Waals surface area contributed by atoms with Gasteiger partial charge in [0.2, 0.25) is 0 Å². The van der Waals surface area contributed by atoms with Gasteiger partial charge in [0.05, 0.1) is 26.9 Å². The maximum Gasteiger partial charge on any atom is 0.118 e. The van der Waals surface area contributed by atoms with Crippen LogP contribution in [0.15, 0.2) is 48.5 Å². The smallest absolute Gasteiger partial charge is 0.118 e. The number of nitrogens with two attached hydrogens (primary N) is 1. The normalized spacial score (nSPS) is 12.0. The number of benzene rings is 2. The summed E-state index contributed by atoms with van der Waals surface area (Å²) in [6.07, 6.45) is -0.127. The van der Waals surface area contributed by atoms with E-state index in [1.165, 1.54) is 0 Å². The molecule has 0 aliphatic carbocycles. The van der Waals surface area contributed by atoms with Crippen LogP contribution in [-0.4, -0.2) is 20.8 Å². The van der Waals surface area contributed by atoms with E-state index in [0.29, 0.717) is 13.2 Å². The Morgan fingerprint density at radius 1 is 0.857 bits per heavy atom. The van der Waals surface area contributed by atoms with Crippen molar-refractivity contribution in [1.82, 2.24) is 0 Å². The topological polar surface area (TPSA) is 53.7 Å². The van der Waals surface area contributed by atoms with Gasteiger partial charge in [0.15, 0.2) is 0 Å². The molecule has 0 bridgehead atoms. The van der Waals surface area contributed by atoms with E-state index in [2.05, 4.69) is 0 Å². The third-order valence-electron chi connectivity index (χ3n) is 3.31. The molecule has 0 saturated heterocycles. The Bertz CT molecular complexity index is 537. The largest absolute Gasteiger partial charge is 0.497 e. The molecule has 21 heavy (non-hydrogen) atoms. The molecule has 0 radical (unpaired) electrons. The Morgan fingerprint density at radius 2 is 1.38 bits per heavy atom. The highest BCUT2D eigenvalue weighted by Gasteiger charge is 2.10. The molecule has 2 rings (SSSR count). The molecule has 0 fully saturated rings. The zero-order valence-corrected chi connectivity index (χ0v) is 12.4. The SMILES string of the molecule is COc1ccc(COC(CN)c2ccc(OC)cc2)cc1. The summed E-state index contributed by atoms with van der Waals surface area (Å²) in [5.74, 6) is 1.66. The molecule has 0 spiro atoms. The predicted molar refractivity (Wildman–Crippen MR) is 82.6 cm³/mol. The number of methoxy groups -OCH3 is 2. The molecule has 0 saturated carbocycles. The molecular formula is C17H21NO3. The summed E-state index contributed by atoms with van der Waals surface area (Å²) in [4.78, 5) is 0. The second kappa shape index (κ2) is 7.67. The maximum atomic E-state index is 5.90. The summed E-state index contributed by atoms with van der Waals surface area (Å²) < 4.78 is 16.2. The van der Waals surface area contributed by atoms with Gasteiger partial charge < -0.3 is 19.9 Å². The first-order valence-corrected chi connectivity index (χ1v) is 6.85. The van der Waals surface area contributed by atoms with Crippen LogP contribution in [0.25, 0.3) is 0 Å². The van der Waals surface area contributed by atoms with E-state index in [9.17, 15) is 0 Å². The van der Waals surface area contributed by atoms with Crippen molar-refractivity contribution in [2.24, 2.45) is 5.73 Å². The summed E-state index contributed by atoms with van der Waals surface area (Å²) in [5, 5.41) is 0. The van der Waals surface area contributed by atoms with Crippen LogP contribution in [0.2, 0.25) is 0 Å². The Morgan fingerprint density at radius 3 is 1.86 bits per heavy atom. The van der Waals surface area contributed by atoms with E-state index in [0.717, 1.165) is 22.6 Å². The summed E-state index contributed by atoms with van der Waals surface area (Å²) in [6.45, 7) is 0.945. The number of ether oxygens (including phenoxy) is 3. The van der Waals surface area contributed by atoms with Gasteiger partial charge in [0.25, 0.3) is 0 Å². The fourth-order valence-electron chi connectivity index (χ4n) is 2.04. The molecule has 0 heterocycles. The molecule has 0 amide bonds. The third kappa shape index (κ3) is 4.21. The van der Waals surface area contributed by atoms with Crippen molar-refractivity contribution in [3.63, 3.8) is 0 Å². The average molecular weight is 287 g/mol. The van der Waals surface area contributed by atoms with Crippen LogP contribution in [-0.2, 0) is 11.3 Å². The first-order valence-electron chi connectivity index (χ1n) is 6.85. The Hall–Kier alpha value is -2.04. The highest BCUT2D eigenvalue weighted by atomic mass is 16.5.